The second kappa shape index (κ2) is 4.95. The van der Waals surface area contributed by atoms with Gasteiger partial charge in [0.1, 0.15) is 5.60 Å². The monoisotopic (exact) mass is 272 g/mol. The lowest BCUT2D eigenvalue weighted by Crippen LogP contribution is -2.26. The van der Waals surface area contributed by atoms with Crippen molar-refractivity contribution in [1.29, 1.82) is 0 Å². The number of ether oxygens (including phenoxy) is 1. The van der Waals surface area contributed by atoms with Crippen molar-refractivity contribution in [3.05, 3.63) is 35.4 Å². The highest BCUT2D eigenvalue weighted by Crippen LogP contribution is 2.28. The second-order valence-corrected chi connectivity index (χ2v) is 4.96. The maximum atomic E-state index is 13.2. The molecular formula is C13H14F2O4. The molecule has 0 spiro atoms. The molecule has 0 amide bonds. The molecule has 1 aromatic rings. The van der Waals surface area contributed by atoms with E-state index < -0.39 is 29.0 Å². The fourth-order valence-electron chi connectivity index (χ4n) is 1.28. The lowest BCUT2D eigenvalue weighted by molar-refractivity contribution is -0.166. The van der Waals surface area contributed by atoms with Crippen molar-refractivity contribution in [3.63, 3.8) is 0 Å². The molecule has 0 saturated heterocycles. The van der Waals surface area contributed by atoms with Crippen LogP contribution >= 0.6 is 0 Å². The molecule has 0 aromatic heterocycles. The maximum Gasteiger partial charge on any atom is 0.379 e. The summed E-state index contributed by atoms with van der Waals surface area (Å²) >= 11 is 0. The van der Waals surface area contributed by atoms with Gasteiger partial charge in [-0.15, -0.1) is 0 Å². The first-order valence-corrected chi connectivity index (χ1v) is 5.49. The molecule has 0 aliphatic rings. The molecule has 0 bridgehead atoms. The Morgan fingerprint density at radius 3 is 1.95 bits per heavy atom. The molecule has 0 atom stereocenters. The van der Waals surface area contributed by atoms with E-state index in [1.165, 1.54) is 0 Å². The Labute approximate surface area is 109 Å². The van der Waals surface area contributed by atoms with E-state index in [1.807, 2.05) is 0 Å². The number of benzene rings is 1. The fraction of sp³-hybridized carbons (Fsp3) is 0.385. The van der Waals surface area contributed by atoms with Gasteiger partial charge in [-0.2, -0.15) is 8.78 Å². The number of alkyl halides is 2. The maximum absolute atomic E-state index is 13.2. The van der Waals surface area contributed by atoms with Crippen molar-refractivity contribution in [2.45, 2.75) is 32.3 Å². The molecule has 1 rings (SSSR count). The van der Waals surface area contributed by atoms with Gasteiger partial charge in [0, 0.05) is 5.56 Å². The van der Waals surface area contributed by atoms with E-state index >= 15 is 0 Å². The van der Waals surface area contributed by atoms with E-state index in [2.05, 4.69) is 0 Å². The van der Waals surface area contributed by atoms with Gasteiger partial charge in [0.05, 0.1) is 5.56 Å². The SMILES string of the molecule is CC(C)(C)OC(=O)c1ccc(C(F)(F)C(=O)O)cc1. The minimum atomic E-state index is -3.98. The Balaban J connectivity index is 2.94. The minimum absolute atomic E-state index is 0.0832. The van der Waals surface area contributed by atoms with Crippen LogP contribution in [0.1, 0.15) is 36.7 Å². The Hall–Kier alpha value is -1.98. The summed E-state index contributed by atoms with van der Waals surface area (Å²) < 4.78 is 31.4. The van der Waals surface area contributed by atoms with Crippen LogP contribution in [0.2, 0.25) is 0 Å². The summed E-state index contributed by atoms with van der Waals surface area (Å²) in [6.07, 6.45) is 0. The summed E-state index contributed by atoms with van der Waals surface area (Å²) in [4.78, 5) is 22.0. The van der Waals surface area contributed by atoms with Crippen molar-refractivity contribution >= 4 is 11.9 Å². The van der Waals surface area contributed by atoms with E-state index in [0.717, 1.165) is 24.3 Å². The third-order valence-electron chi connectivity index (χ3n) is 2.15. The van der Waals surface area contributed by atoms with E-state index in [4.69, 9.17) is 9.84 Å². The fourth-order valence-corrected chi connectivity index (χ4v) is 1.28. The van der Waals surface area contributed by atoms with Crippen molar-refractivity contribution in [1.82, 2.24) is 0 Å². The number of carboxylic acid groups (broad SMARTS) is 1. The Bertz CT molecular complexity index is 486. The van der Waals surface area contributed by atoms with E-state index in [-0.39, 0.29) is 5.56 Å². The highest BCUT2D eigenvalue weighted by Gasteiger charge is 2.40. The molecule has 0 heterocycles. The zero-order valence-corrected chi connectivity index (χ0v) is 10.7. The van der Waals surface area contributed by atoms with E-state index in [9.17, 15) is 18.4 Å². The van der Waals surface area contributed by atoms with Crippen LogP contribution in [0.25, 0.3) is 0 Å². The Kier molecular flexibility index (Phi) is 3.93. The molecule has 0 aliphatic heterocycles. The molecule has 4 nitrogen and oxygen atoms in total. The number of halogens is 2. The third kappa shape index (κ3) is 3.74. The predicted octanol–water partition coefficient (Wildman–Crippen LogP) is 2.82. The number of esters is 1. The highest BCUT2D eigenvalue weighted by atomic mass is 19.3. The van der Waals surface area contributed by atoms with Gasteiger partial charge in [-0.1, -0.05) is 12.1 Å². The molecule has 0 unspecified atom stereocenters. The molecule has 0 fully saturated rings. The molecule has 6 heteroatoms. The largest absolute Gasteiger partial charge is 0.477 e. The van der Waals surface area contributed by atoms with Crippen molar-refractivity contribution in [3.8, 4) is 0 Å². The van der Waals surface area contributed by atoms with Crippen LogP contribution in [0.5, 0.6) is 0 Å². The van der Waals surface area contributed by atoms with Crippen molar-refractivity contribution in [2.24, 2.45) is 0 Å². The summed E-state index contributed by atoms with van der Waals surface area (Å²) in [5.41, 5.74) is -1.30. The number of carbonyl (C=O) groups excluding carboxylic acids is 1. The molecule has 1 aromatic carbocycles. The standard InChI is InChI=1S/C13H14F2O4/c1-12(2,3)19-10(16)8-4-6-9(7-5-8)13(14,15)11(17)18/h4-7H,1-3H3,(H,17,18). The zero-order valence-electron chi connectivity index (χ0n) is 10.7. The lowest BCUT2D eigenvalue weighted by atomic mass is 10.1. The van der Waals surface area contributed by atoms with Crippen LogP contribution < -0.4 is 0 Å². The molecule has 19 heavy (non-hydrogen) atoms. The summed E-state index contributed by atoms with van der Waals surface area (Å²) in [7, 11) is 0. The highest BCUT2D eigenvalue weighted by molar-refractivity contribution is 5.90. The molecule has 104 valence electrons. The second-order valence-electron chi connectivity index (χ2n) is 4.96. The average molecular weight is 272 g/mol. The van der Waals surface area contributed by atoms with Gasteiger partial charge >= 0.3 is 17.9 Å². The molecule has 1 N–H and O–H groups in total. The van der Waals surface area contributed by atoms with Crippen LogP contribution in [-0.4, -0.2) is 22.6 Å². The van der Waals surface area contributed by atoms with Crippen LogP contribution in [0.3, 0.4) is 0 Å². The summed E-state index contributed by atoms with van der Waals surface area (Å²) in [6, 6.07) is 4.02. The lowest BCUT2D eigenvalue weighted by Gasteiger charge is -2.19. The van der Waals surface area contributed by atoms with Crippen LogP contribution in [0.4, 0.5) is 8.78 Å². The summed E-state index contributed by atoms with van der Waals surface area (Å²) in [5, 5.41) is 8.38. The number of carboxylic acids is 1. The van der Waals surface area contributed by atoms with Gasteiger partial charge < -0.3 is 9.84 Å². The van der Waals surface area contributed by atoms with Gasteiger partial charge in [0.2, 0.25) is 0 Å². The first-order valence-electron chi connectivity index (χ1n) is 5.49. The molecule has 0 radical (unpaired) electrons. The van der Waals surface area contributed by atoms with Crippen molar-refractivity contribution < 1.29 is 28.2 Å². The van der Waals surface area contributed by atoms with Gasteiger partial charge in [-0.05, 0) is 32.9 Å². The Morgan fingerprint density at radius 2 is 1.58 bits per heavy atom. The van der Waals surface area contributed by atoms with E-state index in [1.54, 1.807) is 20.8 Å². The Morgan fingerprint density at radius 1 is 1.11 bits per heavy atom. The van der Waals surface area contributed by atoms with Crippen molar-refractivity contribution in [2.75, 3.05) is 0 Å². The number of hydrogen-bond acceptors (Lipinski definition) is 3. The predicted molar refractivity (Wildman–Crippen MR) is 63.1 cm³/mol. The molecule has 0 saturated carbocycles. The molecule has 0 aliphatic carbocycles. The number of carbonyl (C=O) groups is 2. The van der Waals surface area contributed by atoms with Crippen LogP contribution in [0, 0.1) is 0 Å². The first kappa shape index (κ1) is 15.1. The number of hydrogen-bond donors (Lipinski definition) is 1. The van der Waals surface area contributed by atoms with Crippen LogP contribution in [-0.2, 0) is 15.5 Å². The van der Waals surface area contributed by atoms with Crippen LogP contribution in [0.15, 0.2) is 24.3 Å². The first-order chi connectivity index (χ1) is 8.54. The van der Waals surface area contributed by atoms with Gasteiger partial charge in [-0.25, -0.2) is 9.59 Å². The van der Waals surface area contributed by atoms with Gasteiger partial charge in [0.25, 0.3) is 0 Å². The number of rotatable bonds is 3. The number of aliphatic carboxylic acids is 1. The van der Waals surface area contributed by atoms with Gasteiger partial charge in [0.15, 0.2) is 0 Å². The zero-order chi connectivity index (χ0) is 14.8. The average Bonchev–Trinajstić information content (AvgIpc) is 2.26. The third-order valence-corrected chi connectivity index (χ3v) is 2.15. The minimum Gasteiger partial charge on any atom is -0.477 e. The normalized spacial score (nSPS) is 12.1. The smallest absolute Gasteiger partial charge is 0.379 e. The van der Waals surface area contributed by atoms with Gasteiger partial charge in [-0.3, -0.25) is 0 Å². The topological polar surface area (TPSA) is 63.6 Å². The molecular weight excluding hydrogens is 258 g/mol. The quantitative estimate of drug-likeness (QED) is 0.859. The summed E-state index contributed by atoms with van der Waals surface area (Å²) in [6.45, 7) is 5.04. The summed E-state index contributed by atoms with van der Waals surface area (Å²) in [5.74, 6) is -6.87. The van der Waals surface area contributed by atoms with E-state index in [0.29, 0.717) is 0 Å².